The third-order valence-electron chi connectivity index (χ3n) is 4.36. The molecule has 0 spiro atoms. The summed E-state index contributed by atoms with van der Waals surface area (Å²) < 4.78 is 28.1. The van der Waals surface area contributed by atoms with Gasteiger partial charge in [-0.3, -0.25) is 4.79 Å². The number of hydrogen-bond donors (Lipinski definition) is 2. The summed E-state index contributed by atoms with van der Waals surface area (Å²) in [6, 6.07) is 13.1. The molecule has 1 amide bonds. The standard InChI is InChI=1S/C20H24Cl2N2O3S2/c1-14(15-6-4-3-5-7-15)13-23-20(25)18(10-11-28-2)24-29(26,27)19-12-16(21)8-9-17(19)22/h3-9,12,14,18,24H,10-11,13H2,1-2H3,(H,23,25). The van der Waals surface area contributed by atoms with Gasteiger partial charge in [0.2, 0.25) is 15.9 Å². The summed E-state index contributed by atoms with van der Waals surface area (Å²) in [5.41, 5.74) is 1.10. The molecule has 2 atom stereocenters. The Bertz CT molecular complexity index is 925. The van der Waals surface area contributed by atoms with E-state index in [1.54, 1.807) is 0 Å². The lowest BCUT2D eigenvalue weighted by molar-refractivity contribution is -0.122. The fraction of sp³-hybridized carbons (Fsp3) is 0.350. The van der Waals surface area contributed by atoms with Gasteiger partial charge < -0.3 is 5.32 Å². The zero-order valence-electron chi connectivity index (χ0n) is 16.2. The molecular formula is C20H24Cl2N2O3S2. The minimum atomic E-state index is -4.02. The third kappa shape index (κ3) is 7.19. The lowest BCUT2D eigenvalue weighted by Crippen LogP contribution is -2.47. The van der Waals surface area contributed by atoms with Crippen molar-refractivity contribution in [1.82, 2.24) is 10.0 Å². The van der Waals surface area contributed by atoms with Crippen LogP contribution in [0, 0.1) is 0 Å². The van der Waals surface area contributed by atoms with Crippen LogP contribution in [0.3, 0.4) is 0 Å². The van der Waals surface area contributed by atoms with Crippen molar-refractivity contribution in [2.75, 3.05) is 18.6 Å². The average Bonchev–Trinajstić information content (AvgIpc) is 2.71. The van der Waals surface area contributed by atoms with E-state index in [9.17, 15) is 13.2 Å². The number of benzene rings is 2. The molecule has 0 aliphatic heterocycles. The number of sulfonamides is 1. The van der Waals surface area contributed by atoms with Gasteiger partial charge in [0.15, 0.2) is 0 Å². The largest absolute Gasteiger partial charge is 0.354 e. The molecule has 2 N–H and O–H groups in total. The van der Waals surface area contributed by atoms with Crippen LogP contribution < -0.4 is 10.0 Å². The molecule has 5 nitrogen and oxygen atoms in total. The molecule has 2 rings (SSSR count). The van der Waals surface area contributed by atoms with E-state index in [0.717, 1.165) is 5.56 Å². The van der Waals surface area contributed by atoms with Crippen molar-refractivity contribution in [2.24, 2.45) is 0 Å². The first-order valence-corrected chi connectivity index (χ1v) is 12.7. The van der Waals surface area contributed by atoms with Crippen molar-refractivity contribution >= 4 is 50.9 Å². The Hall–Kier alpha value is -1.25. The Labute approximate surface area is 186 Å². The normalized spacial score (nSPS) is 13.7. The summed E-state index contributed by atoms with van der Waals surface area (Å²) in [5.74, 6) is 0.349. The van der Waals surface area contributed by atoms with Crippen molar-refractivity contribution in [2.45, 2.75) is 30.2 Å². The van der Waals surface area contributed by atoms with Crippen LogP contribution in [0.2, 0.25) is 10.0 Å². The molecule has 0 saturated heterocycles. The predicted octanol–water partition coefficient (Wildman–Crippen LogP) is 4.31. The molecular weight excluding hydrogens is 451 g/mol. The number of thioether (sulfide) groups is 1. The Kier molecular flexibility index (Phi) is 9.30. The minimum Gasteiger partial charge on any atom is -0.354 e. The van der Waals surface area contributed by atoms with Gasteiger partial charge in [0, 0.05) is 11.6 Å². The van der Waals surface area contributed by atoms with E-state index >= 15 is 0 Å². The average molecular weight is 475 g/mol. The van der Waals surface area contributed by atoms with Crippen LogP contribution in [0.25, 0.3) is 0 Å². The van der Waals surface area contributed by atoms with E-state index in [1.165, 1.54) is 30.0 Å². The molecule has 0 fully saturated rings. The van der Waals surface area contributed by atoms with Gasteiger partial charge in [-0.2, -0.15) is 16.5 Å². The first-order valence-electron chi connectivity index (χ1n) is 9.03. The molecule has 158 valence electrons. The second-order valence-corrected chi connectivity index (χ2v) is 10.1. The lowest BCUT2D eigenvalue weighted by Gasteiger charge is -2.20. The first kappa shape index (κ1) is 24.0. The fourth-order valence-corrected chi connectivity index (χ4v) is 5.15. The Morgan fingerprint density at radius 1 is 1.14 bits per heavy atom. The summed E-state index contributed by atoms with van der Waals surface area (Å²) >= 11 is 13.5. The number of amides is 1. The van der Waals surface area contributed by atoms with Gasteiger partial charge in [-0.05, 0) is 48.1 Å². The summed E-state index contributed by atoms with van der Waals surface area (Å²) in [4.78, 5) is 12.6. The number of hydrogen-bond acceptors (Lipinski definition) is 4. The molecule has 2 unspecified atom stereocenters. The molecule has 0 radical (unpaired) electrons. The van der Waals surface area contributed by atoms with Crippen LogP contribution >= 0.6 is 35.0 Å². The Balaban J connectivity index is 2.11. The topological polar surface area (TPSA) is 75.3 Å². The third-order valence-corrected chi connectivity index (χ3v) is 7.19. The lowest BCUT2D eigenvalue weighted by atomic mass is 10.0. The van der Waals surface area contributed by atoms with E-state index < -0.39 is 16.1 Å². The molecule has 29 heavy (non-hydrogen) atoms. The van der Waals surface area contributed by atoms with E-state index in [1.807, 2.05) is 43.5 Å². The van der Waals surface area contributed by atoms with Gasteiger partial charge >= 0.3 is 0 Å². The van der Waals surface area contributed by atoms with Crippen LogP contribution in [0.5, 0.6) is 0 Å². The molecule has 0 aliphatic carbocycles. The number of carbonyl (C=O) groups is 1. The maximum Gasteiger partial charge on any atom is 0.242 e. The number of halogens is 2. The highest BCUT2D eigenvalue weighted by Crippen LogP contribution is 2.25. The zero-order chi connectivity index (χ0) is 21.4. The fourth-order valence-electron chi connectivity index (χ4n) is 2.69. The van der Waals surface area contributed by atoms with E-state index in [4.69, 9.17) is 23.2 Å². The van der Waals surface area contributed by atoms with Gasteiger partial charge in [-0.25, -0.2) is 8.42 Å². The van der Waals surface area contributed by atoms with Crippen LogP contribution in [-0.2, 0) is 14.8 Å². The van der Waals surface area contributed by atoms with E-state index in [0.29, 0.717) is 18.7 Å². The smallest absolute Gasteiger partial charge is 0.242 e. The zero-order valence-corrected chi connectivity index (χ0v) is 19.3. The first-order chi connectivity index (χ1) is 13.7. The highest BCUT2D eigenvalue weighted by Gasteiger charge is 2.27. The van der Waals surface area contributed by atoms with Crippen LogP contribution in [0.1, 0.15) is 24.8 Å². The van der Waals surface area contributed by atoms with Gasteiger partial charge in [-0.1, -0.05) is 60.5 Å². The quantitative estimate of drug-likeness (QED) is 0.537. The molecule has 0 bridgehead atoms. The number of rotatable bonds is 10. The SMILES string of the molecule is CSCCC(NS(=O)(=O)c1cc(Cl)ccc1Cl)C(=O)NCC(C)c1ccccc1. The van der Waals surface area contributed by atoms with Gasteiger partial charge in [0.25, 0.3) is 0 Å². The highest BCUT2D eigenvalue weighted by atomic mass is 35.5. The van der Waals surface area contributed by atoms with Crippen molar-refractivity contribution in [1.29, 1.82) is 0 Å². The predicted molar refractivity (Wildman–Crippen MR) is 121 cm³/mol. The van der Waals surface area contributed by atoms with E-state index in [-0.39, 0.29) is 26.8 Å². The van der Waals surface area contributed by atoms with Crippen LogP contribution in [-0.4, -0.2) is 38.9 Å². The molecule has 0 aliphatic rings. The molecule has 0 saturated carbocycles. The van der Waals surface area contributed by atoms with Crippen LogP contribution in [0.4, 0.5) is 0 Å². The summed E-state index contributed by atoms with van der Waals surface area (Å²) in [7, 11) is -4.02. The maximum atomic E-state index is 12.8. The second-order valence-electron chi connectivity index (χ2n) is 6.59. The monoisotopic (exact) mass is 474 g/mol. The van der Waals surface area contributed by atoms with Gasteiger partial charge in [0.05, 0.1) is 5.02 Å². The molecule has 2 aromatic carbocycles. The maximum absolute atomic E-state index is 12.8. The minimum absolute atomic E-state index is 0.0450. The summed E-state index contributed by atoms with van der Waals surface area (Å²) in [6.45, 7) is 2.40. The van der Waals surface area contributed by atoms with Crippen LogP contribution in [0.15, 0.2) is 53.4 Å². The number of carbonyl (C=O) groups excluding carboxylic acids is 1. The molecule has 9 heteroatoms. The van der Waals surface area contributed by atoms with Crippen molar-refractivity contribution in [3.63, 3.8) is 0 Å². The van der Waals surface area contributed by atoms with Crippen molar-refractivity contribution in [3.05, 3.63) is 64.1 Å². The Morgan fingerprint density at radius 2 is 1.83 bits per heavy atom. The molecule has 0 aromatic heterocycles. The van der Waals surface area contributed by atoms with E-state index in [2.05, 4.69) is 10.0 Å². The second kappa shape index (κ2) is 11.2. The van der Waals surface area contributed by atoms with Gasteiger partial charge in [0.1, 0.15) is 10.9 Å². The molecule has 0 heterocycles. The summed E-state index contributed by atoms with van der Waals surface area (Å²) in [5, 5.41) is 3.15. The summed E-state index contributed by atoms with van der Waals surface area (Å²) in [6.07, 6.45) is 2.25. The van der Waals surface area contributed by atoms with Gasteiger partial charge in [-0.15, -0.1) is 0 Å². The van der Waals surface area contributed by atoms with Crippen molar-refractivity contribution in [3.8, 4) is 0 Å². The van der Waals surface area contributed by atoms with Crippen molar-refractivity contribution < 1.29 is 13.2 Å². The Morgan fingerprint density at radius 3 is 2.48 bits per heavy atom. The number of nitrogens with one attached hydrogen (secondary N) is 2. The highest BCUT2D eigenvalue weighted by molar-refractivity contribution is 7.98. The molecule has 2 aromatic rings.